The van der Waals surface area contributed by atoms with Crippen LogP contribution in [0.5, 0.6) is 0 Å². The Morgan fingerprint density at radius 3 is 2.19 bits per heavy atom. The molecule has 1 spiro atoms. The van der Waals surface area contributed by atoms with Gasteiger partial charge in [0.2, 0.25) is 0 Å². The summed E-state index contributed by atoms with van der Waals surface area (Å²) in [6.45, 7) is 1.66. The van der Waals surface area contributed by atoms with Gasteiger partial charge in [0.1, 0.15) is 5.60 Å². The van der Waals surface area contributed by atoms with Crippen LogP contribution < -0.4 is 0 Å². The number of nitrogens with zero attached hydrogens (tertiary/aromatic N) is 2. The van der Waals surface area contributed by atoms with Gasteiger partial charge in [0, 0.05) is 18.6 Å². The number of hydrogen-bond donors (Lipinski definition) is 1. The largest absolute Gasteiger partial charge is 0.380 e. The van der Waals surface area contributed by atoms with Crippen LogP contribution in [-0.4, -0.2) is 53.6 Å². The van der Waals surface area contributed by atoms with Crippen LogP contribution >= 0.6 is 0 Å². The maximum atomic E-state index is 12.7. The van der Waals surface area contributed by atoms with Crippen molar-refractivity contribution in [2.24, 2.45) is 5.41 Å². The van der Waals surface area contributed by atoms with E-state index in [9.17, 15) is 9.90 Å². The second-order valence-corrected chi connectivity index (χ2v) is 9.15. The highest BCUT2D eigenvalue weighted by molar-refractivity contribution is 5.86. The van der Waals surface area contributed by atoms with Gasteiger partial charge in [0.25, 0.3) is 5.91 Å². The van der Waals surface area contributed by atoms with Crippen LogP contribution in [0, 0.1) is 5.41 Å². The molecule has 4 heteroatoms. The summed E-state index contributed by atoms with van der Waals surface area (Å²) >= 11 is 0. The van der Waals surface area contributed by atoms with Crippen molar-refractivity contribution >= 4 is 5.91 Å². The standard InChI is InChI=1S/C22H32N2O2/c1-23(2)21(18-7-4-3-5-8-18)13-11-20(12-14-21)15-16-24(17-20)19(25)22(26)9-6-10-22/h3-5,7-8,26H,6,9-17H2,1-2H3. The van der Waals surface area contributed by atoms with Crippen LogP contribution in [0.2, 0.25) is 0 Å². The third-order valence-corrected chi connectivity index (χ3v) is 7.61. The van der Waals surface area contributed by atoms with E-state index in [2.05, 4.69) is 49.3 Å². The summed E-state index contributed by atoms with van der Waals surface area (Å²) in [5.41, 5.74) is 0.729. The SMILES string of the molecule is CN(C)C1(c2ccccc2)CCC2(CCN(C(=O)C3(O)CCC3)C2)CC1. The average molecular weight is 357 g/mol. The molecular weight excluding hydrogens is 324 g/mol. The van der Waals surface area contributed by atoms with Gasteiger partial charge in [-0.25, -0.2) is 0 Å². The number of hydrogen-bond acceptors (Lipinski definition) is 3. The summed E-state index contributed by atoms with van der Waals surface area (Å²) < 4.78 is 0. The minimum atomic E-state index is -1.04. The fourth-order valence-electron chi connectivity index (χ4n) is 5.47. The van der Waals surface area contributed by atoms with Crippen LogP contribution in [0.15, 0.2) is 30.3 Å². The fourth-order valence-corrected chi connectivity index (χ4v) is 5.47. The lowest BCUT2D eigenvalue weighted by Crippen LogP contribution is -2.53. The Bertz CT molecular complexity index is 658. The van der Waals surface area contributed by atoms with Gasteiger partial charge in [-0.1, -0.05) is 30.3 Å². The van der Waals surface area contributed by atoms with Gasteiger partial charge in [0.15, 0.2) is 0 Å². The first kappa shape index (κ1) is 18.0. The Labute approximate surface area is 157 Å². The van der Waals surface area contributed by atoms with E-state index >= 15 is 0 Å². The van der Waals surface area contributed by atoms with Gasteiger partial charge in [-0.05, 0) is 76.4 Å². The van der Waals surface area contributed by atoms with Gasteiger partial charge in [0.05, 0.1) is 0 Å². The Hall–Kier alpha value is -1.39. The van der Waals surface area contributed by atoms with E-state index < -0.39 is 5.60 Å². The second-order valence-electron chi connectivity index (χ2n) is 9.15. The molecule has 2 aliphatic carbocycles. The normalized spacial score (nSPS) is 33.5. The summed E-state index contributed by atoms with van der Waals surface area (Å²) in [7, 11) is 4.39. The van der Waals surface area contributed by atoms with Crippen LogP contribution in [-0.2, 0) is 10.3 Å². The van der Waals surface area contributed by atoms with Crippen molar-refractivity contribution < 1.29 is 9.90 Å². The molecule has 1 heterocycles. The molecule has 3 fully saturated rings. The zero-order valence-corrected chi connectivity index (χ0v) is 16.2. The highest BCUT2D eigenvalue weighted by atomic mass is 16.3. The Kier molecular flexibility index (Phi) is 4.39. The molecule has 1 aromatic carbocycles. The van der Waals surface area contributed by atoms with Crippen LogP contribution in [0.3, 0.4) is 0 Å². The van der Waals surface area contributed by atoms with Crippen LogP contribution in [0.25, 0.3) is 0 Å². The monoisotopic (exact) mass is 356 g/mol. The van der Waals surface area contributed by atoms with Gasteiger partial charge >= 0.3 is 0 Å². The number of benzene rings is 1. The highest BCUT2D eigenvalue weighted by Crippen LogP contribution is 2.52. The second kappa shape index (κ2) is 6.35. The van der Waals surface area contributed by atoms with Crippen molar-refractivity contribution in [1.29, 1.82) is 0 Å². The van der Waals surface area contributed by atoms with Crippen molar-refractivity contribution in [3.8, 4) is 0 Å². The van der Waals surface area contributed by atoms with E-state index in [0.29, 0.717) is 12.8 Å². The van der Waals surface area contributed by atoms with E-state index in [1.54, 1.807) is 0 Å². The van der Waals surface area contributed by atoms with E-state index in [4.69, 9.17) is 0 Å². The molecule has 0 unspecified atom stereocenters. The molecule has 142 valence electrons. The molecule has 0 atom stereocenters. The van der Waals surface area contributed by atoms with Gasteiger partial charge < -0.3 is 10.0 Å². The van der Waals surface area contributed by atoms with Crippen molar-refractivity contribution in [3.63, 3.8) is 0 Å². The predicted octanol–water partition coefficient (Wildman–Crippen LogP) is 3.15. The van der Waals surface area contributed by atoms with Crippen molar-refractivity contribution in [2.45, 2.75) is 62.5 Å². The van der Waals surface area contributed by atoms with Gasteiger partial charge in [-0.15, -0.1) is 0 Å². The van der Waals surface area contributed by atoms with Crippen LogP contribution in [0.1, 0.15) is 56.9 Å². The van der Waals surface area contributed by atoms with Crippen molar-refractivity contribution in [2.75, 3.05) is 27.2 Å². The first-order valence-electron chi connectivity index (χ1n) is 10.1. The summed E-state index contributed by atoms with van der Waals surface area (Å²) in [6, 6.07) is 10.9. The van der Waals surface area contributed by atoms with Gasteiger partial charge in [-0.3, -0.25) is 9.69 Å². The minimum absolute atomic E-state index is 0.00636. The molecule has 0 radical (unpaired) electrons. The molecule has 1 aromatic rings. The lowest BCUT2D eigenvalue weighted by atomic mass is 9.64. The number of aliphatic hydroxyl groups is 1. The number of carbonyl (C=O) groups excluding carboxylic acids is 1. The zero-order valence-electron chi connectivity index (χ0n) is 16.2. The summed E-state index contributed by atoms with van der Waals surface area (Å²) in [4.78, 5) is 17.1. The third kappa shape index (κ3) is 2.78. The van der Waals surface area contributed by atoms with E-state index in [1.165, 1.54) is 5.56 Å². The summed E-state index contributed by atoms with van der Waals surface area (Å²) in [5, 5.41) is 10.4. The Morgan fingerprint density at radius 1 is 1.00 bits per heavy atom. The molecular formula is C22H32N2O2. The first-order valence-corrected chi connectivity index (χ1v) is 10.1. The first-order chi connectivity index (χ1) is 12.4. The lowest BCUT2D eigenvalue weighted by molar-refractivity contribution is -0.159. The number of amides is 1. The summed E-state index contributed by atoms with van der Waals surface area (Å²) in [5.74, 6) is -0.00636. The Morgan fingerprint density at radius 2 is 1.65 bits per heavy atom. The van der Waals surface area contributed by atoms with E-state index in [1.807, 2.05) is 4.90 Å². The average Bonchev–Trinajstić information content (AvgIpc) is 3.04. The number of rotatable bonds is 3. The number of carbonyl (C=O) groups is 1. The molecule has 4 rings (SSSR count). The molecule has 0 bridgehead atoms. The maximum Gasteiger partial charge on any atom is 0.254 e. The smallest absolute Gasteiger partial charge is 0.254 e. The van der Waals surface area contributed by atoms with Crippen molar-refractivity contribution in [3.05, 3.63) is 35.9 Å². The molecule has 26 heavy (non-hydrogen) atoms. The molecule has 3 aliphatic rings. The zero-order chi connectivity index (χ0) is 18.4. The quantitative estimate of drug-likeness (QED) is 0.905. The minimum Gasteiger partial charge on any atom is -0.380 e. The molecule has 1 amide bonds. The van der Waals surface area contributed by atoms with Crippen molar-refractivity contribution in [1.82, 2.24) is 9.80 Å². The maximum absolute atomic E-state index is 12.7. The highest BCUT2D eigenvalue weighted by Gasteiger charge is 2.51. The molecule has 2 saturated carbocycles. The number of likely N-dealkylation sites (tertiary alicyclic amines) is 1. The third-order valence-electron chi connectivity index (χ3n) is 7.61. The Balaban J connectivity index is 1.47. The molecule has 4 nitrogen and oxygen atoms in total. The fraction of sp³-hybridized carbons (Fsp3) is 0.682. The molecule has 1 N–H and O–H groups in total. The van der Waals surface area contributed by atoms with E-state index in [-0.39, 0.29) is 16.9 Å². The van der Waals surface area contributed by atoms with Crippen LogP contribution in [0.4, 0.5) is 0 Å². The predicted molar refractivity (Wildman–Crippen MR) is 103 cm³/mol. The summed E-state index contributed by atoms with van der Waals surface area (Å²) in [6.07, 6.45) is 7.94. The molecule has 1 aliphatic heterocycles. The van der Waals surface area contributed by atoms with E-state index in [0.717, 1.165) is 51.6 Å². The molecule has 0 aromatic heterocycles. The lowest BCUT2D eigenvalue weighted by Gasteiger charge is -2.49. The van der Waals surface area contributed by atoms with Gasteiger partial charge in [-0.2, -0.15) is 0 Å². The topological polar surface area (TPSA) is 43.8 Å². The molecule has 1 saturated heterocycles.